The quantitative estimate of drug-likeness (QED) is 0.180. The Kier molecular flexibility index (Phi) is 18.9. The molecule has 4 nitrogen and oxygen atoms in total. The highest BCUT2D eigenvalue weighted by Gasteiger charge is 2.17. The summed E-state index contributed by atoms with van der Waals surface area (Å²) < 4.78 is 5.45. The van der Waals surface area contributed by atoms with Gasteiger partial charge in [-0.1, -0.05) is 97.3 Å². The fourth-order valence-corrected chi connectivity index (χ4v) is 3.37. The summed E-state index contributed by atoms with van der Waals surface area (Å²) >= 11 is 0. The van der Waals surface area contributed by atoms with Gasteiger partial charge in [0.15, 0.2) is 0 Å². The van der Waals surface area contributed by atoms with Crippen LogP contribution in [0, 0.1) is 0 Å². The molecule has 1 unspecified atom stereocenters. The Labute approximate surface area is 167 Å². The van der Waals surface area contributed by atoms with E-state index in [1.807, 2.05) is 0 Å². The molecule has 0 fully saturated rings. The predicted octanol–water partition coefficient (Wildman–Crippen LogP) is 7.04. The van der Waals surface area contributed by atoms with Crippen LogP contribution in [0.2, 0.25) is 0 Å². The average molecular weight is 385 g/mol. The van der Waals surface area contributed by atoms with Crippen LogP contribution in [-0.4, -0.2) is 23.1 Å². The van der Waals surface area contributed by atoms with Crippen molar-refractivity contribution in [3.05, 3.63) is 0 Å². The van der Waals surface area contributed by atoms with E-state index >= 15 is 0 Å². The first-order valence-corrected chi connectivity index (χ1v) is 11.5. The highest BCUT2D eigenvalue weighted by molar-refractivity contribution is 5.71. The van der Waals surface area contributed by atoms with Crippen LogP contribution < -0.4 is 0 Å². The minimum absolute atomic E-state index is 0.0704. The third-order valence-corrected chi connectivity index (χ3v) is 5.06. The van der Waals surface area contributed by atoms with Crippen LogP contribution in [0.1, 0.15) is 129 Å². The van der Waals surface area contributed by atoms with Crippen LogP contribution in [0.15, 0.2) is 0 Å². The standard InChI is InChI=1S/C23H44O4/c1-3-5-7-9-11-13-15-17-19-23(26)27-21(20-22(24)25)18-16-14-12-10-8-6-4-2/h21H,3-20H2,1-2H3,(H,24,25). The van der Waals surface area contributed by atoms with Crippen molar-refractivity contribution >= 4 is 11.9 Å². The number of esters is 1. The third kappa shape index (κ3) is 19.5. The number of carboxylic acids is 1. The molecular formula is C23H44O4. The summed E-state index contributed by atoms with van der Waals surface area (Å²) in [7, 11) is 0. The molecule has 0 saturated carbocycles. The van der Waals surface area contributed by atoms with Gasteiger partial charge in [0.05, 0.1) is 6.42 Å². The van der Waals surface area contributed by atoms with Crippen LogP contribution in [0.4, 0.5) is 0 Å². The zero-order chi connectivity index (χ0) is 20.2. The van der Waals surface area contributed by atoms with Crippen molar-refractivity contribution < 1.29 is 19.4 Å². The second-order valence-electron chi connectivity index (χ2n) is 7.84. The molecule has 27 heavy (non-hydrogen) atoms. The van der Waals surface area contributed by atoms with Gasteiger partial charge < -0.3 is 9.84 Å². The molecule has 0 aromatic rings. The number of carboxylic acid groups (broad SMARTS) is 1. The lowest BCUT2D eigenvalue weighted by atomic mass is 10.0. The van der Waals surface area contributed by atoms with E-state index in [0.717, 1.165) is 25.7 Å². The SMILES string of the molecule is CCCCCCCCCCC(=O)OC(CCCCCCCCC)CC(=O)O. The number of unbranched alkanes of at least 4 members (excludes halogenated alkanes) is 13. The van der Waals surface area contributed by atoms with Gasteiger partial charge in [0.1, 0.15) is 6.10 Å². The molecule has 0 rings (SSSR count). The maximum absolute atomic E-state index is 12.0. The molecular weight excluding hydrogens is 340 g/mol. The Hall–Kier alpha value is -1.06. The summed E-state index contributed by atoms with van der Waals surface area (Å²) in [6, 6.07) is 0. The van der Waals surface area contributed by atoms with Gasteiger partial charge in [0, 0.05) is 6.42 Å². The summed E-state index contributed by atoms with van der Waals surface area (Å²) in [6.45, 7) is 4.43. The lowest BCUT2D eigenvalue weighted by Crippen LogP contribution is -2.21. The lowest BCUT2D eigenvalue weighted by molar-refractivity contribution is -0.153. The van der Waals surface area contributed by atoms with E-state index in [2.05, 4.69) is 13.8 Å². The number of hydrogen-bond donors (Lipinski definition) is 1. The van der Waals surface area contributed by atoms with Crippen LogP contribution in [-0.2, 0) is 14.3 Å². The van der Waals surface area contributed by atoms with E-state index in [1.54, 1.807) is 0 Å². The molecule has 4 heteroatoms. The van der Waals surface area contributed by atoms with E-state index in [1.165, 1.54) is 70.6 Å². The molecule has 1 N–H and O–H groups in total. The van der Waals surface area contributed by atoms with Crippen molar-refractivity contribution in [3.63, 3.8) is 0 Å². The smallest absolute Gasteiger partial charge is 0.307 e. The highest BCUT2D eigenvalue weighted by atomic mass is 16.5. The van der Waals surface area contributed by atoms with E-state index in [-0.39, 0.29) is 12.4 Å². The first-order valence-electron chi connectivity index (χ1n) is 11.5. The van der Waals surface area contributed by atoms with Gasteiger partial charge in [-0.3, -0.25) is 9.59 Å². The first kappa shape index (κ1) is 25.9. The fraction of sp³-hybridized carbons (Fsp3) is 0.913. The zero-order valence-electron chi connectivity index (χ0n) is 18.0. The maximum atomic E-state index is 12.0. The van der Waals surface area contributed by atoms with Gasteiger partial charge in [-0.2, -0.15) is 0 Å². The Morgan fingerprint density at radius 3 is 1.63 bits per heavy atom. The van der Waals surface area contributed by atoms with E-state index in [0.29, 0.717) is 12.8 Å². The molecule has 0 aliphatic heterocycles. The monoisotopic (exact) mass is 384 g/mol. The molecule has 0 heterocycles. The van der Waals surface area contributed by atoms with Crippen molar-refractivity contribution in [2.75, 3.05) is 0 Å². The minimum atomic E-state index is -0.886. The topological polar surface area (TPSA) is 63.6 Å². The molecule has 0 spiro atoms. The van der Waals surface area contributed by atoms with E-state index < -0.39 is 12.1 Å². The largest absolute Gasteiger partial charge is 0.481 e. The summed E-state index contributed by atoms with van der Waals surface area (Å²) in [6.07, 6.45) is 18.4. The number of carbonyl (C=O) groups excluding carboxylic acids is 1. The summed E-state index contributed by atoms with van der Waals surface area (Å²) in [5.41, 5.74) is 0. The Balaban J connectivity index is 3.80. The normalized spacial score (nSPS) is 12.1. The van der Waals surface area contributed by atoms with Gasteiger partial charge in [-0.15, -0.1) is 0 Å². The molecule has 0 aliphatic rings. The van der Waals surface area contributed by atoms with Crippen molar-refractivity contribution in [3.8, 4) is 0 Å². The predicted molar refractivity (Wildman–Crippen MR) is 112 cm³/mol. The third-order valence-electron chi connectivity index (χ3n) is 5.06. The first-order chi connectivity index (χ1) is 13.1. The summed E-state index contributed by atoms with van der Waals surface area (Å²) in [5.74, 6) is -1.11. The van der Waals surface area contributed by atoms with Gasteiger partial charge in [-0.25, -0.2) is 0 Å². The number of carbonyl (C=O) groups is 2. The summed E-state index contributed by atoms with van der Waals surface area (Å²) in [5, 5.41) is 9.04. The van der Waals surface area contributed by atoms with Crippen molar-refractivity contribution in [2.24, 2.45) is 0 Å². The molecule has 1 atom stereocenters. The molecule has 0 amide bonds. The van der Waals surface area contributed by atoms with Crippen LogP contribution in [0.5, 0.6) is 0 Å². The molecule has 0 radical (unpaired) electrons. The second-order valence-corrected chi connectivity index (χ2v) is 7.84. The Morgan fingerprint density at radius 1 is 0.704 bits per heavy atom. The van der Waals surface area contributed by atoms with Crippen molar-refractivity contribution in [1.82, 2.24) is 0 Å². The number of aliphatic carboxylic acids is 1. The van der Waals surface area contributed by atoms with Crippen LogP contribution in [0.3, 0.4) is 0 Å². The molecule has 0 saturated heterocycles. The van der Waals surface area contributed by atoms with Gasteiger partial charge in [-0.05, 0) is 19.3 Å². The molecule has 0 bridgehead atoms. The lowest BCUT2D eigenvalue weighted by Gasteiger charge is -2.16. The van der Waals surface area contributed by atoms with E-state index in [4.69, 9.17) is 9.84 Å². The Bertz CT molecular complexity index is 354. The van der Waals surface area contributed by atoms with Crippen molar-refractivity contribution in [1.29, 1.82) is 0 Å². The van der Waals surface area contributed by atoms with Gasteiger partial charge in [0.25, 0.3) is 0 Å². The van der Waals surface area contributed by atoms with E-state index in [9.17, 15) is 9.59 Å². The Morgan fingerprint density at radius 2 is 1.15 bits per heavy atom. The number of hydrogen-bond acceptors (Lipinski definition) is 3. The van der Waals surface area contributed by atoms with Crippen molar-refractivity contribution in [2.45, 2.75) is 136 Å². The van der Waals surface area contributed by atoms with Crippen LogP contribution >= 0.6 is 0 Å². The zero-order valence-corrected chi connectivity index (χ0v) is 18.0. The molecule has 0 aromatic heterocycles. The summed E-state index contributed by atoms with van der Waals surface area (Å²) in [4.78, 5) is 23.0. The highest BCUT2D eigenvalue weighted by Crippen LogP contribution is 2.15. The minimum Gasteiger partial charge on any atom is -0.481 e. The van der Waals surface area contributed by atoms with Gasteiger partial charge >= 0.3 is 11.9 Å². The average Bonchev–Trinajstić information content (AvgIpc) is 2.62. The molecule has 0 aliphatic carbocycles. The van der Waals surface area contributed by atoms with Crippen LogP contribution in [0.25, 0.3) is 0 Å². The number of ether oxygens (including phenoxy) is 1. The fourth-order valence-electron chi connectivity index (χ4n) is 3.37. The molecule has 0 aromatic carbocycles. The maximum Gasteiger partial charge on any atom is 0.307 e. The molecule has 160 valence electrons. The second kappa shape index (κ2) is 19.7. The van der Waals surface area contributed by atoms with Gasteiger partial charge in [0.2, 0.25) is 0 Å². The number of rotatable bonds is 20.